The fraction of sp³-hybridized carbons (Fsp3) is 0.0698. The SMILES string of the molecule is [2H]C([2H])([2H])c1c[c-]c(-c2cc(C([2H])([2H])[2H])c(C([2H])([2H])[2H])cn2)cc1.[Ir].[c-]1ccccc1-c1nc2ccccc2n1-c1ccc2c(cnc3nc(-c4ccccc4)sc32)c1. The molecule has 0 spiro atoms. The Morgan fingerprint density at radius 3 is 2.38 bits per heavy atom. The molecular weight excluding hydrogens is 811 g/mol. The monoisotopic (exact) mass is 851 g/mol. The van der Waals surface area contributed by atoms with Crippen LogP contribution in [0.15, 0.2) is 134 Å². The summed E-state index contributed by atoms with van der Waals surface area (Å²) in [5.74, 6) is 0.874. The minimum absolute atomic E-state index is 0. The Kier molecular flexibility index (Phi) is 6.82. The Balaban J connectivity index is 0.000000188. The molecule has 1 radical (unpaired) electrons. The molecule has 0 atom stereocenters. The fourth-order valence-electron chi connectivity index (χ4n) is 5.60. The van der Waals surface area contributed by atoms with Crippen molar-refractivity contribution >= 4 is 43.5 Å². The molecule has 9 aromatic rings. The van der Waals surface area contributed by atoms with Gasteiger partial charge in [-0.25, -0.2) is 9.97 Å². The summed E-state index contributed by atoms with van der Waals surface area (Å²) in [7, 11) is 0. The van der Waals surface area contributed by atoms with Crippen molar-refractivity contribution in [1.82, 2.24) is 24.5 Å². The second-order valence-electron chi connectivity index (χ2n) is 11.2. The molecule has 0 bridgehead atoms. The molecule has 0 aliphatic rings. The summed E-state index contributed by atoms with van der Waals surface area (Å²) in [5, 5.41) is 3.22. The number of rotatable bonds is 4. The smallest absolute Gasteiger partial charge is 0.171 e. The quantitative estimate of drug-likeness (QED) is 0.166. The first kappa shape index (κ1) is 23.9. The number of aromatic nitrogens is 5. The maximum Gasteiger partial charge on any atom is 0.171 e. The van der Waals surface area contributed by atoms with Crippen molar-refractivity contribution in [2.75, 3.05) is 0 Å². The van der Waals surface area contributed by atoms with Crippen LogP contribution in [0.25, 0.3) is 71.1 Å². The third-order valence-corrected chi connectivity index (χ3v) is 9.12. The third kappa shape index (κ3) is 6.51. The molecule has 50 heavy (non-hydrogen) atoms. The number of fused-ring (bicyclic) bond motifs is 4. The molecule has 4 heterocycles. The van der Waals surface area contributed by atoms with Gasteiger partial charge in [-0.15, -0.1) is 82.6 Å². The van der Waals surface area contributed by atoms with Crippen molar-refractivity contribution < 1.29 is 32.4 Å². The molecule has 5 aromatic carbocycles. The van der Waals surface area contributed by atoms with Gasteiger partial charge in [0.25, 0.3) is 0 Å². The average Bonchev–Trinajstić information content (AvgIpc) is 3.83. The summed E-state index contributed by atoms with van der Waals surface area (Å²) >= 11 is 1.69. The molecule has 0 amide bonds. The Bertz CT molecular complexity index is 2910. The van der Waals surface area contributed by atoms with Gasteiger partial charge in [0.05, 0.1) is 21.6 Å². The predicted octanol–water partition coefficient (Wildman–Crippen LogP) is 10.8. The van der Waals surface area contributed by atoms with E-state index in [-0.39, 0.29) is 42.5 Å². The number of para-hydroxylation sites is 2. The van der Waals surface area contributed by atoms with Crippen LogP contribution in [0.1, 0.15) is 29.0 Å². The van der Waals surface area contributed by atoms with Gasteiger partial charge in [-0.05, 0) is 49.2 Å². The van der Waals surface area contributed by atoms with Gasteiger partial charge in [0.2, 0.25) is 0 Å². The van der Waals surface area contributed by atoms with Crippen LogP contribution in [-0.2, 0) is 20.1 Å². The van der Waals surface area contributed by atoms with E-state index in [0.29, 0.717) is 5.56 Å². The predicted molar refractivity (Wildman–Crippen MR) is 202 cm³/mol. The fourth-order valence-corrected chi connectivity index (χ4v) is 6.66. The van der Waals surface area contributed by atoms with E-state index in [1.54, 1.807) is 11.3 Å². The molecule has 4 aromatic heterocycles. The summed E-state index contributed by atoms with van der Waals surface area (Å²) in [6.45, 7) is -7.47. The van der Waals surface area contributed by atoms with Crippen LogP contribution in [0.4, 0.5) is 0 Å². The van der Waals surface area contributed by atoms with Gasteiger partial charge < -0.3 is 9.55 Å². The molecule has 0 aliphatic carbocycles. The zero-order valence-electron chi connectivity index (χ0n) is 35.2. The Morgan fingerprint density at radius 1 is 0.720 bits per heavy atom. The summed E-state index contributed by atoms with van der Waals surface area (Å²) in [5.41, 5.74) is 5.99. The van der Waals surface area contributed by atoms with Gasteiger partial charge >= 0.3 is 0 Å². The van der Waals surface area contributed by atoms with E-state index in [9.17, 15) is 0 Å². The zero-order valence-corrected chi connectivity index (χ0v) is 29.4. The molecule has 7 heteroatoms. The Morgan fingerprint density at radius 2 is 1.58 bits per heavy atom. The molecule has 9 rings (SSSR count). The van der Waals surface area contributed by atoms with E-state index in [0.717, 1.165) is 66.0 Å². The first-order valence-electron chi connectivity index (χ1n) is 19.9. The van der Waals surface area contributed by atoms with E-state index in [1.807, 2.05) is 66.9 Å². The number of benzene rings is 5. The number of hydrogen-bond donors (Lipinski definition) is 0. The van der Waals surface area contributed by atoms with Crippen LogP contribution >= 0.6 is 11.3 Å². The van der Waals surface area contributed by atoms with Gasteiger partial charge in [0.1, 0.15) is 5.01 Å². The number of pyridine rings is 2. The summed E-state index contributed by atoms with van der Waals surface area (Å²) in [4.78, 5) is 18.4. The molecular formula is C43H31IrN5S-2. The molecule has 0 N–H and O–H groups in total. The maximum atomic E-state index is 7.54. The van der Waals surface area contributed by atoms with Crippen LogP contribution < -0.4 is 0 Å². The van der Waals surface area contributed by atoms with E-state index in [4.69, 9.17) is 22.3 Å². The minimum atomic E-state index is -2.61. The molecule has 0 fully saturated rings. The Labute approximate surface area is 321 Å². The van der Waals surface area contributed by atoms with E-state index >= 15 is 0 Å². The molecule has 0 saturated carbocycles. The summed E-state index contributed by atoms with van der Waals surface area (Å²) in [6, 6.07) is 44.4. The van der Waals surface area contributed by atoms with Crippen molar-refractivity contribution in [3.8, 4) is 38.9 Å². The Hall–Kier alpha value is -5.33. The van der Waals surface area contributed by atoms with E-state index in [2.05, 4.69) is 63.1 Å². The van der Waals surface area contributed by atoms with Crippen LogP contribution in [-0.4, -0.2) is 24.5 Å². The molecule has 0 aliphatic heterocycles. The van der Waals surface area contributed by atoms with Crippen molar-refractivity contribution in [3.05, 3.63) is 163 Å². The van der Waals surface area contributed by atoms with Crippen LogP contribution in [0, 0.1) is 32.7 Å². The van der Waals surface area contributed by atoms with Gasteiger partial charge in [-0.3, -0.25) is 4.98 Å². The van der Waals surface area contributed by atoms with Crippen molar-refractivity contribution in [3.63, 3.8) is 0 Å². The van der Waals surface area contributed by atoms with E-state index in [1.165, 1.54) is 24.3 Å². The molecule has 5 nitrogen and oxygen atoms in total. The first-order chi connectivity index (χ1) is 27.6. The van der Waals surface area contributed by atoms with Crippen LogP contribution in [0.3, 0.4) is 0 Å². The van der Waals surface area contributed by atoms with Gasteiger partial charge in [-0.1, -0.05) is 67.0 Å². The maximum absolute atomic E-state index is 7.54. The second kappa shape index (κ2) is 14.3. The third-order valence-electron chi connectivity index (χ3n) is 8.00. The average molecular weight is 851 g/mol. The van der Waals surface area contributed by atoms with E-state index < -0.39 is 20.6 Å². The summed E-state index contributed by atoms with van der Waals surface area (Å²) < 4.78 is 70.2. The number of imidazole rings is 1. The largest absolute Gasteiger partial charge is 0.333 e. The standard InChI is InChI=1S/C29H17N4S.C14H14N.Ir/c1-3-9-19(10-4-1)28-31-24-13-7-8-14-25(24)33(28)22-15-16-23-21(17-22)18-30-27-26(23)34-29(32-27)20-11-5-2-6-12-20;1-10-4-6-13(7-5-10)14-8-11(2)12(3)9-15-14;/h1-9,11-18H;4-6,8-9H,1-3H3;/q2*-1;/i;1D3,2D3,3D3;. The molecule has 0 unspecified atom stereocenters. The number of hydrogen-bond acceptors (Lipinski definition) is 5. The number of nitrogens with zero attached hydrogens (tertiary/aromatic N) is 5. The summed E-state index contributed by atoms with van der Waals surface area (Å²) in [6.07, 6.45) is 2.94. The first-order valence-corrected chi connectivity index (χ1v) is 16.2. The van der Waals surface area contributed by atoms with Gasteiger partial charge in [0, 0.05) is 66.9 Å². The topological polar surface area (TPSA) is 56.5 Å². The van der Waals surface area contributed by atoms with Crippen LogP contribution in [0.5, 0.6) is 0 Å². The van der Waals surface area contributed by atoms with Gasteiger partial charge in [-0.2, -0.15) is 0 Å². The van der Waals surface area contributed by atoms with Crippen molar-refractivity contribution in [2.45, 2.75) is 20.6 Å². The molecule has 0 saturated heterocycles. The number of aryl methyl sites for hydroxylation is 3. The van der Waals surface area contributed by atoms with Gasteiger partial charge in [0.15, 0.2) is 5.65 Å². The van der Waals surface area contributed by atoms with Crippen LogP contribution in [0.2, 0.25) is 0 Å². The second-order valence-corrected chi connectivity index (χ2v) is 12.2. The zero-order chi connectivity index (χ0) is 40.8. The van der Waals surface area contributed by atoms with Crippen molar-refractivity contribution in [2.24, 2.45) is 0 Å². The number of thiazole rings is 1. The van der Waals surface area contributed by atoms with Crippen molar-refractivity contribution in [1.29, 1.82) is 0 Å². The molecule has 245 valence electrons. The minimum Gasteiger partial charge on any atom is -0.333 e. The normalized spacial score (nSPS) is 14.4.